The largest absolute Gasteiger partial charge is 0.493 e. The van der Waals surface area contributed by atoms with Crippen LogP contribution < -0.4 is 20.3 Å². The van der Waals surface area contributed by atoms with E-state index in [1.54, 1.807) is 41.2 Å². The number of fused-ring (bicyclic) bond motifs is 4. The van der Waals surface area contributed by atoms with Crippen LogP contribution in [-0.4, -0.2) is 46.0 Å². The van der Waals surface area contributed by atoms with Crippen molar-refractivity contribution in [1.82, 2.24) is 19.4 Å². The van der Waals surface area contributed by atoms with Gasteiger partial charge >= 0.3 is 0 Å². The van der Waals surface area contributed by atoms with Crippen LogP contribution >= 0.6 is 11.8 Å². The number of benzene rings is 1. The first-order valence-electron chi connectivity index (χ1n) is 9.59. The molecule has 2 aromatic heterocycles. The minimum absolute atomic E-state index is 0.0310. The van der Waals surface area contributed by atoms with Gasteiger partial charge < -0.3 is 19.4 Å². The Kier molecular flexibility index (Phi) is 5.16. The van der Waals surface area contributed by atoms with Crippen LogP contribution in [0.5, 0.6) is 11.5 Å². The molecule has 1 unspecified atom stereocenters. The second kappa shape index (κ2) is 7.62. The number of carbonyl (C=O) groups excluding carboxylic acids is 1. The van der Waals surface area contributed by atoms with Crippen LogP contribution in [0.4, 0.5) is 0 Å². The molecule has 9 heteroatoms. The zero-order valence-corrected chi connectivity index (χ0v) is 17.8. The van der Waals surface area contributed by atoms with Crippen molar-refractivity contribution in [3.8, 4) is 11.5 Å². The fourth-order valence-electron chi connectivity index (χ4n) is 3.62. The highest BCUT2D eigenvalue weighted by molar-refractivity contribution is 7.99. The number of nitrogens with zero attached hydrogens (tertiary/aromatic N) is 3. The van der Waals surface area contributed by atoms with Gasteiger partial charge in [0.05, 0.1) is 19.7 Å². The minimum Gasteiger partial charge on any atom is -0.493 e. The molecule has 1 aromatic carbocycles. The number of ether oxygens (including phenoxy) is 2. The fraction of sp³-hybridized carbons (Fsp3) is 0.450. The normalized spacial score (nSPS) is 14.2. The number of aromatic nitrogens is 3. The van der Waals surface area contributed by atoms with E-state index in [0.29, 0.717) is 34.2 Å². The SMILES string of the molecule is CCC(C)NC(=O)Cn1c2cc(OC)c(OC)cc2c2nc3n(c(=O)c21)CCS3. The maximum absolute atomic E-state index is 13.3. The van der Waals surface area contributed by atoms with E-state index in [2.05, 4.69) is 5.32 Å². The van der Waals surface area contributed by atoms with Crippen LogP contribution in [0.2, 0.25) is 0 Å². The summed E-state index contributed by atoms with van der Waals surface area (Å²) in [5.74, 6) is 1.76. The molecule has 1 atom stereocenters. The third kappa shape index (κ3) is 3.23. The first-order valence-corrected chi connectivity index (χ1v) is 10.6. The summed E-state index contributed by atoms with van der Waals surface area (Å²) in [5, 5.41) is 4.45. The van der Waals surface area contributed by atoms with Crippen LogP contribution in [-0.2, 0) is 17.9 Å². The van der Waals surface area contributed by atoms with Gasteiger partial charge in [-0.05, 0) is 19.4 Å². The Labute approximate surface area is 172 Å². The van der Waals surface area contributed by atoms with Crippen molar-refractivity contribution in [1.29, 1.82) is 0 Å². The van der Waals surface area contributed by atoms with E-state index < -0.39 is 0 Å². The number of methoxy groups -OCH3 is 2. The van der Waals surface area contributed by atoms with Gasteiger partial charge in [-0.15, -0.1) is 0 Å². The number of nitrogens with one attached hydrogen (secondary N) is 1. The average Bonchev–Trinajstić information content (AvgIpc) is 3.30. The topological polar surface area (TPSA) is 87.4 Å². The molecule has 1 aliphatic heterocycles. The molecule has 0 saturated carbocycles. The van der Waals surface area contributed by atoms with E-state index in [0.717, 1.165) is 23.1 Å². The van der Waals surface area contributed by atoms with E-state index >= 15 is 0 Å². The molecule has 3 aromatic rings. The van der Waals surface area contributed by atoms with Gasteiger partial charge in [-0.3, -0.25) is 14.2 Å². The van der Waals surface area contributed by atoms with E-state index in [1.807, 2.05) is 19.9 Å². The van der Waals surface area contributed by atoms with Crippen molar-refractivity contribution in [2.24, 2.45) is 0 Å². The molecule has 0 saturated heterocycles. The van der Waals surface area contributed by atoms with Gasteiger partial charge in [0.2, 0.25) is 5.91 Å². The highest BCUT2D eigenvalue weighted by Gasteiger charge is 2.25. The zero-order valence-electron chi connectivity index (χ0n) is 16.9. The first kappa shape index (κ1) is 19.6. The lowest BCUT2D eigenvalue weighted by Crippen LogP contribution is -2.35. The van der Waals surface area contributed by atoms with Crippen molar-refractivity contribution in [3.05, 3.63) is 22.5 Å². The van der Waals surface area contributed by atoms with Crippen LogP contribution in [0.1, 0.15) is 20.3 Å². The summed E-state index contributed by atoms with van der Waals surface area (Å²) < 4.78 is 14.3. The van der Waals surface area contributed by atoms with Crippen LogP contribution in [0.25, 0.3) is 21.9 Å². The van der Waals surface area contributed by atoms with Gasteiger partial charge in [-0.25, -0.2) is 4.98 Å². The number of amides is 1. The molecule has 154 valence electrons. The van der Waals surface area contributed by atoms with Gasteiger partial charge in [-0.1, -0.05) is 18.7 Å². The van der Waals surface area contributed by atoms with E-state index in [1.165, 1.54) is 0 Å². The maximum atomic E-state index is 13.3. The summed E-state index contributed by atoms with van der Waals surface area (Å²) in [7, 11) is 3.13. The van der Waals surface area contributed by atoms with Gasteiger partial charge in [0.15, 0.2) is 16.7 Å². The molecule has 0 fully saturated rings. The summed E-state index contributed by atoms with van der Waals surface area (Å²) in [6.07, 6.45) is 0.832. The van der Waals surface area contributed by atoms with E-state index in [-0.39, 0.29) is 24.1 Å². The Bertz CT molecular complexity index is 1170. The molecule has 0 bridgehead atoms. The molecule has 0 spiro atoms. The molecule has 0 aliphatic carbocycles. The predicted octanol–water partition coefficient (Wildman–Crippen LogP) is 2.39. The second-order valence-corrected chi connectivity index (χ2v) is 8.15. The van der Waals surface area contributed by atoms with Gasteiger partial charge in [0.1, 0.15) is 17.6 Å². The molecule has 8 nitrogen and oxygen atoms in total. The Morgan fingerprint density at radius 3 is 2.72 bits per heavy atom. The monoisotopic (exact) mass is 416 g/mol. The molecule has 29 heavy (non-hydrogen) atoms. The number of carbonyl (C=O) groups is 1. The Morgan fingerprint density at radius 1 is 1.31 bits per heavy atom. The number of hydrogen-bond acceptors (Lipinski definition) is 6. The molecule has 1 aliphatic rings. The molecule has 1 amide bonds. The van der Waals surface area contributed by atoms with Crippen LogP contribution in [0.3, 0.4) is 0 Å². The Hall–Kier alpha value is -2.68. The average molecular weight is 417 g/mol. The van der Waals surface area contributed by atoms with Crippen LogP contribution in [0.15, 0.2) is 22.1 Å². The molecule has 3 heterocycles. The summed E-state index contributed by atoms with van der Waals surface area (Å²) in [6.45, 7) is 4.62. The third-order valence-electron chi connectivity index (χ3n) is 5.30. The van der Waals surface area contributed by atoms with E-state index in [9.17, 15) is 9.59 Å². The Balaban J connectivity index is 1.99. The first-order chi connectivity index (χ1) is 14.0. The predicted molar refractivity (Wildman–Crippen MR) is 113 cm³/mol. The number of rotatable bonds is 6. The summed E-state index contributed by atoms with van der Waals surface area (Å²) in [5.41, 5.74) is 1.61. The fourth-order valence-corrected chi connectivity index (χ4v) is 4.57. The number of thioether (sulfide) groups is 1. The van der Waals surface area contributed by atoms with Crippen molar-refractivity contribution < 1.29 is 14.3 Å². The molecule has 1 N–H and O–H groups in total. The Morgan fingerprint density at radius 2 is 2.03 bits per heavy atom. The highest BCUT2D eigenvalue weighted by atomic mass is 32.2. The van der Waals surface area contributed by atoms with E-state index in [4.69, 9.17) is 14.5 Å². The lowest BCUT2D eigenvalue weighted by Gasteiger charge is -2.13. The standard InChI is InChI=1S/C20H24N4O4S/c1-5-11(2)21-16(25)10-24-13-9-15(28-4)14(27-3)8-12(13)17-18(24)19(26)23-6-7-29-20(23)22-17/h8-9,11H,5-7,10H2,1-4H3,(H,21,25). The van der Waals surface area contributed by atoms with Crippen molar-refractivity contribution in [2.75, 3.05) is 20.0 Å². The van der Waals surface area contributed by atoms with Gasteiger partial charge in [0.25, 0.3) is 5.56 Å². The van der Waals surface area contributed by atoms with Crippen LogP contribution in [0, 0.1) is 0 Å². The van der Waals surface area contributed by atoms with Crippen molar-refractivity contribution in [3.63, 3.8) is 0 Å². The molecular weight excluding hydrogens is 392 g/mol. The lowest BCUT2D eigenvalue weighted by molar-refractivity contribution is -0.122. The van der Waals surface area contributed by atoms with Crippen molar-refractivity contribution >= 4 is 39.6 Å². The minimum atomic E-state index is -0.146. The lowest BCUT2D eigenvalue weighted by atomic mass is 10.2. The smallest absolute Gasteiger partial charge is 0.278 e. The maximum Gasteiger partial charge on any atom is 0.278 e. The van der Waals surface area contributed by atoms with Gasteiger partial charge in [-0.2, -0.15) is 0 Å². The summed E-state index contributed by atoms with van der Waals surface area (Å²) in [6, 6.07) is 3.68. The quantitative estimate of drug-likeness (QED) is 0.621. The summed E-state index contributed by atoms with van der Waals surface area (Å²) >= 11 is 1.56. The number of hydrogen-bond donors (Lipinski definition) is 1. The van der Waals surface area contributed by atoms with Crippen molar-refractivity contribution in [2.45, 2.75) is 44.6 Å². The third-order valence-corrected chi connectivity index (χ3v) is 6.25. The summed E-state index contributed by atoms with van der Waals surface area (Å²) in [4.78, 5) is 30.7. The molecular formula is C20H24N4O4S. The highest BCUT2D eigenvalue weighted by Crippen LogP contribution is 2.37. The molecule has 4 rings (SSSR count). The molecule has 0 radical (unpaired) electrons. The zero-order chi connectivity index (χ0) is 20.7. The second-order valence-electron chi connectivity index (χ2n) is 7.08. The van der Waals surface area contributed by atoms with Gasteiger partial charge in [0, 0.05) is 29.8 Å².